The summed E-state index contributed by atoms with van der Waals surface area (Å²) in [5, 5.41) is 11.3. The Kier molecular flexibility index (Phi) is 7.41. The maximum absolute atomic E-state index is 13.4. The smallest absolute Gasteiger partial charge is 0.251 e. The van der Waals surface area contributed by atoms with Gasteiger partial charge in [0, 0.05) is 23.7 Å². The van der Waals surface area contributed by atoms with Crippen molar-refractivity contribution in [2.24, 2.45) is 5.73 Å². The van der Waals surface area contributed by atoms with Gasteiger partial charge in [0.15, 0.2) is 5.78 Å². The summed E-state index contributed by atoms with van der Waals surface area (Å²) in [5.41, 5.74) is 6.29. The zero-order valence-corrected chi connectivity index (χ0v) is 14.6. The number of nitrogens with two attached hydrogens (primary N) is 1. The van der Waals surface area contributed by atoms with Crippen molar-refractivity contribution in [1.82, 2.24) is 5.32 Å². The molecular formula is C21H16F2N2O3. The van der Waals surface area contributed by atoms with Gasteiger partial charge in [0.25, 0.3) is 5.91 Å². The van der Waals surface area contributed by atoms with E-state index in [-0.39, 0.29) is 17.7 Å². The second-order valence-electron chi connectivity index (χ2n) is 5.59. The lowest BCUT2D eigenvalue weighted by molar-refractivity contribution is -0.123. The molecule has 0 bridgehead atoms. The number of ketones is 1. The van der Waals surface area contributed by atoms with Crippen LogP contribution in [0.1, 0.15) is 21.5 Å². The minimum atomic E-state index is -0.959. The van der Waals surface area contributed by atoms with E-state index in [4.69, 9.17) is 10.8 Å². The predicted molar refractivity (Wildman–Crippen MR) is 99.0 cm³/mol. The molecular weight excluding hydrogens is 366 g/mol. The molecule has 0 unspecified atom stereocenters. The number of aliphatic hydroxyl groups excluding tert-OH is 1. The van der Waals surface area contributed by atoms with E-state index in [1.807, 2.05) is 0 Å². The van der Waals surface area contributed by atoms with Crippen LogP contribution in [0.15, 0.2) is 42.5 Å². The molecule has 0 aliphatic rings. The van der Waals surface area contributed by atoms with Crippen LogP contribution in [-0.4, -0.2) is 36.0 Å². The zero-order valence-electron chi connectivity index (χ0n) is 14.6. The first-order chi connectivity index (χ1) is 13.4. The Morgan fingerprint density at radius 3 is 2.36 bits per heavy atom. The number of Topliss-reactive ketones (excluding diaryl/α,β-unsaturated/α-hetero) is 1. The van der Waals surface area contributed by atoms with Gasteiger partial charge in [-0.3, -0.25) is 9.59 Å². The molecule has 2 aromatic carbocycles. The monoisotopic (exact) mass is 382 g/mol. The van der Waals surface area contributed by atoms with Gasteiger partial charge in [0.2, 0.25) is 0 Å². The summed E-state index contributed by atoms with van der Waals surface area (Å²) in [6.07, 6.45) is 0. The van der Waals surface area contributed by atoms with Crippen LogP contribution in [0.4, 0.5) is 8.78 Å². The van der Waals surface area contributed by atoms with Crippen molar-refractivity contribution in [3.63, 3.8) is 0 Å². The third-order valence-corrected chi connectivity index (χ3v) is 3.63. The van der Waals surface area contributed by atoms with Crippen LogP contribution < -0.4 is 11.1 Å². The second-order valence-corrected chi connectivity index (χ2v) is 5.59. The largest absolute Gasteiger partial charge is 0.388 e. The average molecular weight is 382 g/mol. The molecule has 0 saturated carbocycles. The standard InChI is InChI=1S/C21H16F2N2O3/c22-17-10-9-15(18(23)11-17)4-2-1-3-14-5-7-16(8-6-14)21(28)25-19(12-24)20(27)13-26/h5-11,19,26H,12-13,24H2,(H,25,28)/t19-/m0/s1. The Balaban J connectivity index is 2.04. The summed E-state index contributed by atoms with van der Waals surface area (Å²) in [5.74, 6) is 7.71. The van der Waals surface area contributed by atoms with E-state index in [1.165, 1.54) is 18.2 Å². The first kappa shape index (κ1) is 20.8. The molecule has 0 aliphatic carbocycles. The van der Waals surface area contributed by atoms with Crippen LogP contribution in [0.3, 0.4) is 0 Å². The summed E-state index contributed by atoms with van der Waals surface area (Å²) < 4.78 is 26.3. The number of aliphatic hydroxyl groups is 1. The van der Waals surface area contributed by atoms with E-state index >= 15 is 0 Å². The molecule has 1 amide bonds. The molecule has 0 radical (unpaired) electrons. The van der Waals surface area contributed by atoms with E-state index < -0.39 is 36.0 Å². The van der Waals surface area contributed by atoms with Crippen LogP contribution in [-0.2, 0) is 4.79 Å². The molecule has 28 heavy (non-hydrogen) atoms. The highest BCUT2D eigenvalue weighted by Gasteiger charge is 2.18. The van der Waals surface area contributed by atoms with E-state index in [0.29, 0.717) is 5.56 Å². The number of benzene rings is 2. The lowest BCUT2D eigenvalue weighted by Gasteiger charge is -2.14. The van der Waals surface area contributed by atoms with Crippen LogP contribution >= 0.6 is 0 Å². The van der Waals surface area contributed by atoms with Gasteiger partial charge in [-0.2, -0.15) is 0 Å². The number of carbonyl (C=O) groups is 2. The van der Waals surface area contributed by atoms with Crippen molar-refractivity contribution in [1.29, 1.82) is 0 Å². The summed E-state index contributed by atoms with van der Waals surface area (Å²) in [6, 6.07) is 8.27. The first-order valence-corrected chi connectivity index (χ1v) is 8.16. The molecule has 0 saturated heterocycles. The van der Waals surface area contributed by atoms with E-state index in [1.54, 1.807) is 12.1 Å². The minimum Gasteiger partial charge on any atom is -0.388 e. The van der Waals surface area contributed by atoms with Gasteiger partial charge in [0.1, 0.15) is 24.3 Å². The number of halogens is 2. The Bertz CT molecular complexity index is 996. The molecule has 2 aromatic rings. The maximum Gasteiger partial charge on any atom is 0.251 e. The SMILES string of the molecule is NC[C@H](NC(=O)c1ccc(C#CC#Cc2ccc(F)cc2F)cc1)C(=O)CO. The Labute approximate surface area is 160 Å². The molecule has 5 nitrogen and oxygen atoms in total. The van der Waals surface area contributed by atoms with Crippen molar-refractivity contribution in [3.8, 4) is 23.7 Å². The Morgan fingerprint density at radius 2 is 1.75 bits per heavy atom. The number of nitrogens with one attached hydrogen (secondary N) is 1. The van der Waals surface area contributed by atoms with Gasteiger partial charge in [-0.25, -0.2) is 8.78 Å². The average Bonchev–Trinajstić information content (AvgIpc) is 2.70. The van der Waals surface area contributed by atoms with Crippen molar-refractivity contribution in [2.75, 3.05) is 13.2 Å². The van der Waals surface area contributed by atoms with Gasteiger partial charge < -0.3 is 16.2 Å². The molecule has 0 aromatic heterocycles. The highest BCUT2D eigenvalue weighted by Crippen LogP contribution is 2.07. The highest BCUT2D eigenvalue weighted by molar-refractivity contribution is 5.98. The minimum absolute atomic E-state index is 0.0367. The fraction of sp³-hybridized carbons (Fsp3) is 0.143. The Hall–Kier alpha value is -3.52. The zero-order chi connectivity index (χ0) is 20.5. The number of hydrogen-bond acceptors (Lipinski definition) is 4. The molecule has 0 fully saturated rings. The maximum atomic E-state index is 13.4. The summed E-state index contributed by atoms with van der Waals surface area (Å²) >= 11 is 0. The lowest BCUT2D eigenvalue weighted by Crippen LogP contribution is -2.46. The second kappa shape index (κ2) is 9.98. The molecule has 4 N–H and O–H groups in total. The van der Waals surface area contributed by atoms with Gasteiger partial charge in [-0.1, -0.05) is 5.92 Å². The van der Waals surface area contributed by atoms with Crippen molar-refractivity contribution in [3.05, 3.63) is 70.8 Å². The van der Waals surface area contributed by atoms with E-state index in [2.05, 4.69) is 29.0 Å². The van der Waals surface area contributed by atoms with Gasteiger partial charge in [-0.05, 0) is 54.2 Å². The van der Waals surface area contributed by atoms with E-state index in [9.17, 15) is 18.4 Å². The predicted octanol–water partition coefficient (Wildman–Crippen LogP) is 0.986. The normalized spacial score (nSPS) is 10.7. The topological polar surface area (TPSA) is 92.4 Å². The van der Waals surface area contributed by atoms with E-state index in [0.717, 1.165) is 12.1 Å². The van der Waals surface area contributed by atoms with Crippen molar-refractivity contribution < 1.29 is 23.5 Å². The molecule has 0 aliphatic heterocycles. The van der Waals surface area contributed by atoms with Crippen molar-refractivity contribution >= 4 is 11.7 Å². The fourth-order valence-electron chi connectivity index (χ4n) is 2.12. The van der Waals surface area contributed by atoms with Crippen LogP contribution in [0.2, 0.25) is 0 Å². The molecule has 0 spiro atoms. The number of amides is 1. The number of hydrogen-bond donors (Lipinski definition) is 3. The highest BCUT2D eigenvalue weighted by atomic mass is 19.1. The van der Waals surface area contributed by atoms with Gasteiger partial charge >= 0.3 is 0 Å². The third-order valence-electron chi connectivity index (χ3n) is 3.63. The third kappa shape index (κ3) is 5.75. The lowest BCUT2D eigenvalue weighted by atomic mass is 10.1. The van der Waals surface area contributed by atoms with Crippen molar-refractivity contribution in [2.45, 2.75) is 6.04 Å². The number of rotatable bonds is 5. The van der Waals surface area contributed by atoms with Gasteiger partial charge in [-0.15, -0.1) is 0 Å². The molecule has 0 heterocycles. The fourth-order valence-corrected chi connectivity index (χ4v) is 2.12. The van der Waals surface area contributed by atoms with Gasteiger partial charge in [0.05, 0.1) is 5.56 Å². The molecule has 2 rings (SSSR count). The molecule has 142 valence electrons. The summed E-state index contributed by atoms with van der Waals surface area (Å²) in [7, 11) is 0. The summed E-state index contributed by atoms with van der Waals surface area (Å²) in [4.78, 5) is 23.5. The van der Waals surface area contributed by atoms with Crippen LogP contribution in [0, 0.1) is 35.3 Å². The number of carbonyl (C=O) groups excluding carboxylic acids is 2. The molecule has 7 heteroatoms. The first-order valence-electron chi connectivity index (χ1n) is 8.16. The van der Waals surface area contributed by atoms with Crippen LogP contribution in [0.5, 0.6) is 0 Å². The summed E-state index contributed by atoms with van der Waals surface area (Å²) in [6.45, 7) is -0.832. The Morgan fingerprint density at radius 1 is 1.07 bits per heavy atom. The van der Waals surface area contributed by atoms with Crippen LogP contribution in [0.25, 0.3) is 0 Å². The quantitative estimate of drug-likeness (QED) is 0.673. The molecule has 1 atom stereocenters.